The number of esters is 1. The number of benzene rings is 1. The Balaban J connectivity index is 2.30. The SMILES string of the molecule is COC(=O)C1(C(N)c2ccccc2C)CC1. The fourth-order valence-corrected chi connectivity index (χ4v) is 2.21. The molecule has 0 aromatic heterocycles. The van der Waals surface area contributed by atoms with Gasteiger partial charge in [-0.15, -0.1) is 0 Å². The van der Waals surface area contributed by atoms with Gasteiger partial charge in [-0.2, -0.15) is 0 Å². The van der Waals surface area contributed by atoms with Crippen LogP contribution in [0.15, 0.2) is 24.3 Å². The van der Waals surface area contributed by atoms with Crippen LogP contribution in [0, 0.1) is 12.3 Å². The van der Waals surface area contributed by atoms with E-state index in [4.69, 9.17) is 10.5 Å². The van der Waals surface area contributed by atoms with Gasteiger partial charge in [-0.1, -0.05) is 24.3 Å². The molecule has 3 nitrogen and oxygen atoms in total. The van der Waals surface area contributed by atoms with Crippen LogP contribution in [0.1, 0.15) is 30.0 Å². The van der Waals surface area contributed by atoms with Gasteiger partial charge in [0.1, 0.15) is 0 Å². The van der Waals surface area contributed by atoms with Crippen molar-refractivity contribution < 1.29 is 9.53 Å². The molecular formula is C13H17NO2. The van der Waals surface area contributed by atoms with Crippen molar-refractivity contribution in [3.63, 3.8) is 0 Å². The molecule has 1 aromatic rings. The third-order valence-corrected chi connectivity index (χ3v) is 3.50. The lowest BCUT2D eigenvalue weighted by Gasteiger charge is -2.22. The van der Waals surface area contributed by atoms with Crippen molar-refractivity contribution in [2.45, 2.75) is 25.8 Å². The Labute approximate surface area is 95.6 Å². The standard InChI is InChI=1S/C13H17NO2/c1-9-5-3-4-6-10(9)11(14)13(7-8-13)12(15)16-2/h3-6,11H,7-8,14H2,1-2H3. The molecule has 0 saturated heterocycles. The predicted octanol–water partition coefficient (Wildman–Crippen LogP) is 1.95. The fraction of sp³-hybridized carbons (Fsp3) is 0.462. The quantitative estimate of drug-likeness (QED) is 0.790. The molecule has 1 aromatic carbocycles. The van der Waals surface area contributed by atoms with Crippen LogP contribution in [0.2, 0.25) is 0 Å². The number of aryl methyl sites for hydroxylation is 1. The molecule has 0 radical (unpaired) electrons. The molecule has 0 heterocycles. The molecule has 1 atom stereocenters. The van der Waals surface area contributed by atoms with Gasteiger partial charge in [0.2, 0.25) is 0 Å². The number of carbonyl (C=O) groups is 1. The maximum atomic E-state index is 11.7. The molecule has 0 bridgehead atoms. The van der Waals surface area contributed by atoms with Crippen LogP contribution in [-0.4, -0.2) is 13.1 Å². The van der Waals surface area contributed by atoms with Gasteiger partial charge in [-0.3, -0.25) is 4.79 Å². The number of ether oxygens (including phenoxy) is 1. The largest absolute Gasteiger partial charge is 0.469 e. The molecule has 1 aliphatic rings. The Morgan fingerprint density at radius 1 is 1.44 bits per heavy atom. The summed E-state index contributed by atoms with van der Waals surface area (Å²) in [5.41, 5.74) is 7.92. The van der Waals surface area contributed by atoms with Gasteiger partial charge in [0, 0.05) is 6.04 Å². The summed E-state index contributed by atoms with van der Waals surface area (Å²) >= 11 is 0. The summed E-state index contributed by atoms with van der Waals surface area (Å²) in [6.45, 7) is 2.02. The minimum atomic E-state index is -0.471. The summed E-state index contributed by atoms with van der Waals surface area (Å²) in [5.74, 6) is -0.178. The van der Waals surface area contributed by atoms with Crippen molar-refractivity contribution in [1.29, 1.82) is 0 Å². The Kier molecular flexibility index (Phi) is 2.72. The minimum absolute atomic E-state index is 0.178. The Bertz CT molecular complexity index is 410. The molecule has 1 aliphatic carbocycles. The van der Waals surface area contributed by atoms with Crippen LogP contribution >= 0.6 is 0 Å². The number of carbonyl (C=O) groups excluding carboxylic acids is 1. The number of methoxy groups -OCH3 is 1. The molecule has 0 aliphatic heterocycles. The highest BCUT2D eigenvalue weighted by atomic mass is 16.5. The fourth-order valence-electron chi connectivity index (χ4n) is 2.21. The minimum Gasteiger partial charge on any atom is -0.469 e. The summed E-state index contributed by atoms with van der Waals surface area (Å²) in [4.78, 5) is 11.7. The lowest BCUT2D eigenvalue weighted by atomic mass is 9.88. The van der Waals surface area contributed by atoms with Crippen LogP contribution in [0.5, 0.6) is 0 Å². The van der Waals surface area contributed by atoms with Crippen molar-refractivity contribution in [2.75, 3.05) is 7.11 Å². The second-order valence-corrected chi connectivity index (χ2v) is 4.48. The normalized spacial score (nSPS) is 18.9. The van der Waals surface area contributed by atoms with E-state index in [1.165, 1.54) is 7.11 Å². The maximum Gasteiger partial charge on any atom is 0.313 e. The van der Waals surface area contributed by atoms with E-state index in [1.807, 2.05) is 31.2 Å². The van der Waals surface area contributed by atoms with E-state index in [0.717, 1.165) is 24.0 Å². The lowest BCUT2D eigenvalue weighted by Crippen LogP contribution is -2.31. The van der Waals surface area contributed by atoms with Crippen molar-refractivity contribution in [1.82, 2.24) is 0 Å². The van der Waals surface area contributed by atoms with E-state index in [1.54, 1.807) is 0 Å². The molecule has 1 fully saturated rings. The molecular weight excluding hydrogens is 202 g/mol. The first-order valence-corrected chi connectivity index (χ1v) is 5.51. The Hall–Kier alpha value is -1.35. The van der Waals surface area contributed by atoms with Gasteiger partial charge in [0.05, 0.1) is 12.5 Å². The second kappa shape index (κ2) is 3.91. The van der Waals surface area contributed by atoms with Gasteiger partial charge in [-0.05, 0) is 30.9 Å². The monoisotopic (exact) mass is 219 g/mol. The smallest absolute Gasteiger partial charge is 0.313 e. The van der Waals surface area contributed by atoms with E-state index >= 15 is 0 Å². The molecule has 0 amide bonds. The topological polar surface area (TPSA) is 52.3 Å². The van der Waals surface area contributed by atoms with E-state index in [2.05, 4.69) is 0 Å². The van der Waals surface area contributed by atoms with E-state index < -0.39 is 5.41 Å². The van der Waals surface area contributed by atoms with Gasteiger partial charge in [0.25, 0.3) is 0 Å². The molecule has 86 valence electrons. The van der Waals surface area contributed by atoms with Crippen molar-refractivity contribution >= 4 is 5.97 Å². The number of rotatable bonds is 3. The third-order valence-electron chi connectivity index (χ3n) is 3.50. The second-order valence-electron chi connectivity index (χ2n) is 4.48. The van der Waals surface area contributed by atoms with E-state index in [9.17, 15) is 4.79 Å². The first-order valence-electron chi connectivity index (χ1n) is 5.51. The number of hydrogen-bond donors (Lipinski definition) is 1. The molecule has 0 spiro atoms. The highest BCUT2D eigenvalue weighted by Gasteiger charge is 2.56. The van der Waals surface area contributed by atoms with E-state index in [0.29, 0.717) is 0 Å². The summed E-state index contributed by atoms with van der Waals surface area (Å²) in [6.07, 6.45) is 1.66. The number of nitrogens with two attached hydrogens (primary N) is 1. The van der Waals surface area contributed by atoms with Crippen LogP contribution < -0.4 is 5.73 Å². The van der Waals surface area contributed by atoms with Crippen LogP contribution in [0.25, 0.3) is 0 Å². The van der Waals surface area contributed by atoms with Gasteiger partial charge >= 0.3 is 5.97 Å². The van der Waals surface area contributed by atoms with Crippen LogP contribution in [0.3, 0.4) is 0 Å². The van der Waals surface area contributed by atoms with E-state index in [-0.39, 0.29) is 12.0 Å². The average molecular weight is 219 g/mol. The number of hydrogen-bond acceptors (Lipinski definition) is 3. The van der Waals surface area contributed by atoms with Gasteiger partial charge in [0.15, 0.2) is 0 Å². The molecule has 2 rings (SSSR count). The highest BCUT2D eigenvalue weighted by molar-refractivity contribution is 5.81. The zero-order valence-corrected chi connectivity index (χ0v) is 9.69. The summed E-state index contributed by atoms with van der Waals surface area (Å²) in [6, 6.07) is 7.69. The average Bonchev–Trinajstić information content (AvgIpc) is 3.09. The molecule has 16 heavy (non-hydrogen) atoms. The Morgan fingerprint density at radius 3 is 2.56 bits per heavy atom. The van der Waals surface area contributed by atoms with Gasteiger partial charge in [-0.25, -0.2) is 0 Å². The van der Waals surface area contributed by atoms with Crippen molar-refractivity contribution in [3.8, 4) is 0 Å². The van der Waals surface area contributed by atoms with Crippen molar-refractivity contribution in [3.05, 3.63) is 35.4 Å². The highest BCUT2D eigenvalue weighted by Crippen LogP contribution is 2.55. The first-order chi connectivity index (χ1) is 7.62. The molecule has 1 saturated carbocycles. The lowest BCUT2D eigenvalue weighted by molar-refractivity contribution is -0.148. The molecule has 2 N–H and O–H groups in total. The zero-order valence-electron chi connectivity index (χ0n) is 9.69. The third kappa shape index (κ3) is 1.61. The summed E-state index contributed by atoms with van der Waals surface area (Å²) in [7, 11) is 1.42. The van der Waals surface area contributed by atoms with Crippen LogP contribution in [0.4, 0.5) is 0 Å². The van der Waals surface area contributed by atoms with Crippen molar-refractivity contribution in [2.24, 2.45) is 11.1 Å². The van der Waals surface area contributed by atoms with Gasteiger partial charge < -0.3 is 10.5 Å². The molecule has 3 heteroatoms. The zero-order chi connectivity index (χ0) is 11.8. The van der Waals surface area contributed by atoms with Crippen LogP contribution in [-0.2, 0) is 9.53 Å². The summed E-state index contributed by atoms with van der Waals surface area (Å²) in [5, 5.41) is 0. The Morgan fingerprint density at radius 2 is 2.06 bits per heavy atom. The maximum absolute atomic E-state index is 11.7. The first kappa shape index (κ1) is 11.1. The predicted molar refractivity (Wildman–Crippen MR) is 61.8 cm³/mol. The summed E-state index contributed by atoms with van der Waals surface area (Å²) < 4.78 is 4.84. The molecule has 1 unspecified atom stereocenters.